The van der Waals surface area contributed by atoms with Crippen LogP contribution in [-0.2, 0) is 15.0 Å². The third-order valence-corrected chi connectivity index (χ3v) is 8.41. The van der Waals surface area contributed by atoms with Crippen LogP contribution in [0.2, 0.25) is 0 Å². The Labute approximate surface area is 235 Å². The fraction of sp³-hybridized carbons (Fsp3) is 0.500. The van der Waals surface area contributed by atoms with Crippen LogP contribution in [0.25, 0.3) is 0 Å². The maximum atomic E-state index is 13.8. The minimum atomic E-state index is -4.92. The Morgan fingerprint density at radius 1 is 1.00 bits per heavy atom. The van der Waals surface area contributed by atoms with E-state index in [0.29, 0.717) is 36.8 Å². The number of hydrogen-bond donors (Lipinski definition) is 2. The third kappa shape index (κ3) is 5.22. The van der Waals surface area contributed by atoms with E-state index in [9.17, 15) is 36.6 Å². The van der Waals surface area contributed by atoms with Crippen LogP contribution in [0.4, 0.5) is 22.0 Å². The zero-order valence-corrected chi connectivity index (χ0v) is 22.1. The maximum absolute atomic E-state index is 13.8. The van der Waals surface area contributed by atoms with Crippen LogP contribution in [0.5, 0.6) is 28.7 Å². The van der Waals surface area contributed by atoms with Crippen LogP contribution in [0.15, 0.2) is 30.3 Å². The van der Waals surface area contributed by atoms with Crippen molar-refractivity contribution in [2.45, 2.75) is 69.2 Å². The van der Waals surface area contributed by atoms with Gasteiger partial charge in [-0.25, -0.2) is 0 Å². The highest BCUT2D eigenvalue weighted by Crippen LogP contribution is 2.50. The first kappa shape index (κ1) is 28.2. The zero-order chi connectivity index (χ0) is 30.0. The molecule has 9 nitrogen and oxygen atoms in total. The Kier molecular flexibility index (Phi) is 6.57. The molecule has 42 heavy (non-hydrogen) atoms. The number of carbonyl (C=O) groups is 2. The Morgan fingerprint density at radius 3 is 2.36 bits per heavy atom. The van der Waals surface area contributed by atoms with Gasteiger partial charge in [0.15, 0.2) is 11.5 Å². The molecule has 4 aliphatic rings. The molecule has 1 amide bonds. The van der Waals surface area contributed by atoms with E-state index in [0.717, 1.165) is 12.1 Å². The Bertz CT molecular complexity index is 1420. The predicted molar refractivity (Wildman–Crippen MR) is 132 cm³/mol. The molecule has 2 aromatic carbocycles. The molecule has 226 valence electrons. The minimum absolute atomic E-state index is 0.0899. The van der Waals surface area contributed by atoms with Gasteiger partial charge in [-0.15, -0.1) is 22.0 Å². The molecule has 3 aliphatic heterocycles. The molecule has 2 N–H and O–H groups in total. The zero-order valence-electron chi connectivity index (χ0n) is 22.1. The molecule has 14 heteroatoms. The second-order valence-electron chi connectivity index (χ2n) is 11.2. The molecular formula is C28H26F5NO8. The van der Waals surface area contributed by atoms with Crippen LogP contribution in [-0.4, -0.2) is 42.4 Å². The highest BCUT2D eigenvalue weighted by atomic mass is 19.4. The number of carbonyl (C=O) groups excluding carboxylic acids is 1. The number of fused-ring (bicyclic) bond motifs is 3. The highest BCUT2D eigenvalue weighted by Gasteiger charge is 2.50. The smallest absolute Gasteiger partial charge is 0.492 e. The lowest BCUT2D eigenvalue weighted by Gasteiger charge is -2.39. The first-order valence-electron chi connectivity index (χ1n) is 13.4. The number of ether oxygens (including phenoxy) is 5. The molecule has 1 saturated carbocycles. The number of halogens is 5. The van der Waals surface area contributed by atoms with E-state index in [1.54, 1.807) is 6.92 Å². The Morgan fingerprint density at radius 2 is 1.69 bits per heavy atom. The minimum Gasteiger partial charge on any atom is -0.492 e. The number of hydrogen-bond acceptors (Lipinski definition) is 7. The lowest BCUT2D eigenvalue weighted by molar-refractivity contribution is -0.286. The van der Waals surface area contributed by atoms with Gasteiger partial charge in [0.05, 0.1) is 12.0 Å². The van der Waals surface area contributed by atoms with Crippen molar-refractivity contribution in [3.05, 3.63) is 41.5 Å². The average molecular weight is 600 g/mol. The highest BCUT2D eigenvalue weighted by molar-refractivity contribution is 5.90. The van der Waals surface area contributed by atoms with E-state index < -0.39 is 53.8 Å². The Hall–Kier alpha value is -3.97. The summed E-state index contributed by atoms with van der Waals surface area (Å²) >= 11 is 0. The number of aliphatic carboxylic acids is 1. The summed E-state index contributed by atoms with van der Waals surface area (Å²) in [5.41, 5.74) is -0.579. The maximum Gasteiger partial charge on any atom is 0.586 e. The summed E-state index contributed by atoms with van der Waals surface area (Å²) in [7, 11) is 0. The number of alkyl halides is 5. The standard InChI is InChI=1S/C28H26F5NO8/c1-26(12-38-21-11-23-22(9-17(21)26)41-28(32,33)42-23)25(37)34-18-10-19(13-2-4-14(5-3-13)24(35)36)39-20-8-15(6-7-16(18)20)40-27(29,30)31/h6-9,11,13-14,18-19H,2-5,10,12H2,1H3,(H,34,37)(H,35,36)/t13?,14?,18-,19-,26+/m1/s1. The first-order valence-corrected chi connectivity index (χ1v) is 13.4. The monoisotopic (exact) mass is 599 g/mol. The molecule has 0 unspecified atom stereocenters. The topological polar surface area (TPSA) is 113 Å². The van der Waals surface area contributed by atoms with Crippen molar-refractivity contribution < 1.29 is 60.3 Å². The number of carboxylic acid groups (broad SMARTS) is 1. The van der Waals surface area contributed by atoms with E-state index in [1.807, 2.05) is 0 Å². The quantitative estimate of drug-likeness (QED) is 0.436. The third-order valence-electron chi connectivity index (χ3n) is 8.41. The summed E-state index contributed by atoms with van der Waals surface area (Å²) < 4.78 is 90.9. The molecule has 0 radical (unpaired) electrons. The summed E-state index contributed by atoms with van der Waals surface area (Å²) in [6.07, 6.45) is -7.08. The van der Waals surface area contributed by atoms with Gasteiger partial charge >= 0.3 is 18.6 Å². The van der Waals surface area contributed by atoms with Crippen LogP contribution in [0.3, 0.4) is 0 Å². The van der Waals surface area contributed by atoms with Crippen LogP contribution in [0, 0.1) is 11.8 Å². The summed E-state index contributed by atoms with van der Waals surface area (Å²) in [6.45, 7) is 1.48. The van der Waals surface area contributed by atoms with Crippen molar-refractivity contribution in [1.82, 2.24) is 5.32 Å². The number of nitrogens with one attached hydrogen (secondary N) is 1. The van der Waals surface area contributed by atoms with Gasteiger partial charge in [-0.3, -0.25) is 9.59 Å². The van der Waals surface area contributed by atoms with Gasteiger partial charge in [0.1, 0.15) is 35.4 Å². The predicted octanol–water partition coefficient (Wildman–Crippen LogP) is 5.46. The number of amides is 1. The number of carboxylic acids is 1. The molecule has 0 spiro atoms. The summed E-state index contributed by atoms with van der Waals surface area (Å²) in [4.78, 5) is 25.2. The van der Waals surface area contributed by atoms with Crippen molar-refractivity contribution in [2.75, 3.05) is 6.61 Å². The average Bonchev–Trinajstić information content (AvgIpc) is 3.40. The van der Waals surface area contributed by atoms with Crippen LogP contribution >= 0.6 is 0 Å². The lowest BCUT2D eigenvalue weighted by atomic mass is 9.76. The molecular weight excluding hydrogens is 573 g/mol. The fourth-order valence-corrected chi connectivity index (χ4v) is 6.17. The van der Waals surface area contributed by atoms with Crippen molar-refractivity contribution in [3.8, 4) is 28.7 Å². The van der Waals surface area contributed by atoms with Gasteiger partial charge in [0.2, 0.25) is 5.91 Å². The van der Waals surface area contributed by atoms with Gasteiger partial charge in [0.25, 0.3) is 0 Å². The molecule has 1 aliphatic carbocycles. The summed E-state index contributed by atoms with van der Waals surface area (Å²) in [5, 5.41) is 12.3. The van der Waals surface area contributed by atoms with Crippen molar-refractivity contribution in [1.29, 1.82) is 0 Å². The van der Waals surface area contributed by atoms with Crippen molar-refractivity contribution in [3.63, 3.8) is 0 Å². The largest absolute Gasteiger partial charge is 0.586 e. The van der Waals surface area contributed by atoms with E-state index in [4.69, 9.17) is 9.47 Å². The summed E-state index contributed by atoms with van der Waals surface area (Å²) in [6, 6.07) is 5.46. The van der Waals surface area contributed by atoms with E-state index >= 15 is 0 Å². The van der Waals surface area contributed by atoms with Gasteiger partial charge in [0, 0.05) is 29.7 Å². The second kappa shape index (κ2) is 9.80. The van der Waals surface area contributed by atoms with Gasteiger partial charge < -0.3 is 34.1 Å². The Balaban J connectivity index is 1.27. The molecule has 0 bridgehead atoms. The first-order chi connectivity index (χ1) is 19.7. The van der Waals surface area contributed by atoms with Crippen molar-refractivity contribution >= 4 is 11.9 Å². The van der Waals surface area contributed by atoms with E-state index in [2.05, 4.69) is 19.5 Å². The SMILES string of the molecule is C[C@]1(C(=O)N[C@@H]2C[C@H](C3CCC(C(=O)O)CC3)Oc3cc(OC(F)(F)F)ccc32)COc2cc3c(cc21)OC(F)(F)O3. The number of rotatable bonds is 5. The summed E-state index contributed by atoms with van der Waals surface area (Å²) in [5.74, 6) is -2.60. The molecule has 3 heterocycles. The van der Waals surface area contributed by atoms with E-state index in [-0.39, 0.29) is 41.9 Å². The molecule has 0 saturated heterocycles. The van der Waals surface area contributed by atoms with Crippen LogP contribution in [0.1, 0.15) is 56.2 Å². The van der Waals surface area contributed by atoms with Crippen molar-refractivity contribution in [2.24, 2.45) is 11.8 Å². The van der Waals surface area contributed by atoms with Gasteiger partial charge in [-0.1, -0.05) is 0 Å². The molecule has 2 aromatic rings. The normalized spacial score (nSPS) is 29.0. The second-order valence-corrected chi connectivity index (χ2v) is 11.2. The number of benzene rings is 2. The molecule has 1 fully saturated rings. The lowest BCUT2D eigenvalue weighted by Crippen LogP contribution is -2.47. The van der Waals surface area contributed by atoms with Crippen LogP contribution < -0.4 is 29.0 Å². The molecule has 0 aromatic heterocycles. The van der Waals surface area contributed by atoms with Gasteiger partial charge in [-0.2, -0.15) is 0 Å². The van der Waals surface area contributed by atoms with E-state index in [1.165, 1.54) is 18.2 Å². The molecule has 3 atom stereocenters. The molecule has 6 rings (SSSR count). The fourth-order valence-electron chi connectivity index (χ4n) is 6.17. The van der Waals surface area contributed by atoms with Gasteiger partial charge in [-0.05, 0) is 56.7 Å².